The molecule has 3 heterocycles. The van der Waals surface area contributed by atoms with Gasteiger partial charge in [0.15, 0.2) is 0 Å². The minimum Gasteiger partial charge on any atom is -0.465 e. The van der Waals surface area contributed by atoms with E-state index in [-0.39, 0.29) is 18.0 Å². The van der Waals surface area contributed by atoms with Crippen molar-refractivity contribution in [2.75, 3.05) is 18.1 Å². The fraction of sp³-hybridized carbons (Fsp3) is 0.474. The van der Waals surface area contributed by atoms with Gasteiger partial charge in [-0.2, -0.15) is 0 Å². The number of carbonyl (C=O) groups is 2. The van der Waals surface area contributed by atoms with E-state index in [4.69, 9.17) is 21.1 Å². The van der Waals surface area contributed by atoms with Crippen LogP contribution in [0.15, 0.2) is 30.4 Å². The summed E-state index contributed by atoms with van der Waals surface area (Å²) in [5, 5.41) is 0.659. The molecular weight excluding hydrogens is 342 g/mol. The molecule has 1 amide bonds. The molecular formula is C19H20ClNO4. The third-order valence-corrected chi connectivity index (χ3v) is 5.70. The van der Waals surface area contributed by atoms with Gasteiger partial charge in [-0.1, -0.05) is 30.7 Å². The zero-order valence-corrected chi connectivity index (χ0v) is 15.0. The summed E-state index contributed by atoms with van der Waals surface area (Å²) < 4.78 is 11.4. The summed E-state index contributed by atoms with van der Waals surface area (Å²) in [5.74, 6) is -1.53. The molecule has 4 rings (SSSR count). The highest BCUT2D eigenvalue weighted by atomic mass is 35.5. The van der Waals surface area contributed by atoms with Crippen LogP contribution in [0.3, 0.4) is 0 Å². The number of esters is 1. The minimum atomic E-state index is -0.731. The molecule has 2 saturated heterocycles. The van der Waals surface area contributed by atoms with Crippen molar-refractivity contribution in [2.45, 2.75) is 32.0 Å². The van der Waals surface area contributed by atoms with Crippen LogP contribution in [0.25, 0.3) is 0 Å². The van der Waals surface area contributed by atoms with E-state index in [1.807, 2.05) is 38.1 Å². The maximum atomic E-state index is 13.1. The molecule has 0 unspecified atom stereocenters. The summed E-state index contributed by atoms with van der Waals surface area (Å²) in [7, 11) is 0. The lowest BCUT2D eigenvalue weighted by Gasteiger charge is -2.22. The van der Waals surface area contributed by atoms with Crippen LogP contribution >= 0.6 is 11.6 Å². The highest BCUT2D eigenvalue weighted by Crippen LogP contribution is 2.53. The Morgan fingerprint density at radius 2 is 2.28 bits per heavy atom. The van der Waals surface area contributed by atoms with E-state index >= 15 is 0 Å². The fourth-order valence-corrected chi connectivity index (χ4v) is 4.20. The monoisotopic (exact) mass is 361 g/mol. The number of hydrogen-bond acceptors (Lipinski definition) is 4. The van der Waals surface area contributed by atoms with Gasteiger partial charge in [0.05, 0.1) is 25.2 Å². The molecule has 0 aromatic heterocycles. The van der Waals surface area contributed by atoms with Gasteiger partial charge in [0.25, 0.3) is 0 Å². The van der Waals surface area contributed by atoms with Crippen molar-refractivity contribution in [2.24, 2.45) is 11.8 Å². The number of amides is 1. The fourth-order valence-electron chi connectivity index (χ4n) is 4.08. The van der Waals surface area contributed by atoms with Crippen molar-refractivity contribution in [3.05, 3.63) is 40.9 Å². The van der Waals surface area contributed by atoms with Crippen molar-refractivity contribution in [3.8, 4) is 0 Å². The van der Waals surface area contributed by atoms with Gasteiger partial charge in [-0.15, -0.1) is 0 Å². The zero-order valence-electron chi connectivity index (χ0n) is 14.2. The van der Waals surface area contributed by atoms with E-state index in [0.717, 1.165) is 17.7 Å². The van der Waals surface area contributed by atoms with Crippen LogP contribution in [0.2, 0.25) is 5.02 Å². The molecule has 1 spiro atoms. The molecule has 6 heteroatoms. The Kier molecular flexibility index (Phi) is 3.89. The average Bonchev–Trinajstić information content (AvgIpc) is 3.23. The Labute approximate surface area is 151 Å². The SMILES string of the molecule is CCCOC(=O)[C@@H]1[C@@H]2C=C[C@]3(CN(c4ccc(Cl)c(C)c4)C(=O)[C@H]13)O2. The molecule has 3 aliphatic heterocycles. The molecule has 25 heavy (non-hydrogen) atoms. The summed E-state index contributed by atoms with van der Waals surface area (Å²) in [6, 6.07) is 5.50. The number of ether oxygens (including phenoxy) is 2. The lowest BCUT2D eigenvalue weighted by molar-refractivity contribution is -0.152. The number of anilines is 1. The number of benzene rings is 1. The topological polar surface area (TPSA) is 55.8 Å². The lowest BCUT2D eigenvalue weighted by Crippen LogP contribution is -2.40. The van der Waals surface area contributed by atoms with E-state index in [0.29, 0.717) is 18.2 Å². The van der Waals surface area contributed by atoms with Gasteiger partial charge in [0.2, 0.25) is 5.91 Å². The first kappa shape index (κ1) is 16.6. The molecule has 0 saturated carbocycles. The van der Waals surface area contributed by atoms with Crippen LogP contribution in [0.4, 0.5) is 5.69 Å². The summed E-state index contributed by atoms with van der Waals surface area (Å²) in [6.07, 6.45) is 4.21. The minimum absolute atomic E-state index is 0.0907. The van der Waals surface area contributed by atoms with E-state index in [9.17, 15) is 9.59 Å². The predicted molar refractivity (Wildman–Crippen MR) is 93.5 cm³/mol. The molecule has 1 aromatic rings. The lowest BCUT2D eigenvalue weighted by atomic mass is 9.77. The number of fused-ring (bicyclic) bond motifs is 1. The number of aryl methyl sites for hydroxylation is 1. The predicted octanol–water partition coefficient (Wildman–Crippen LogP) is 2.89. The van der Waals surface area contributed by atoms with E-state index in [1.54, 1.807) is 11.0 Å². The Morgan fingerprint density at radius 3 is 3.00 bits per heavy atom. The van der Waals surface area contributed by atoms with E-state index in [2.05, 4.69) is 0 Å². The van der Waals surface area contributed by atoms with Gasteiger partial charge >= 0.3 is 5.97 Å². The number of carbonyl (C=O) groups excluding carboxylic acids is 2. The molecule has 2 fully saturated rings. The van der Waals surface area contributed by atoms with Crippen molar-refractivity contribution in [3.63, 3.8) is 0 Å². The van der Waals surface area contributed by atoms with Crippen LogP contribution in [-0.2, 0) is 19.1 Å². The molecule has 3 aliphatic rings. The Hall–Kier alpha value is -1.85. The first-order valence-electron chi connectivity index (χ1n) is 8.58. The summed E-state index contributed by atoms with van der Waals surface area (Å²) in [6.45, 7) is 4.61. The standard InChI is InChI=1S/C19H20ClNO4/c1-3-8-24-18(23)15-14-6-7-19(25-14)10-21(17(22)16(15)19)12-4-5-13(20)11(2)9-12/h4-7,9,14-16H,3,8,10H2,1-2H3/t14-,15+,16-,19+/m0/s1. The van der Waals surface area contributed by atoms with Gasteiger partial charge in [-0.3, -0.25) is 9.59 Å². The molecule has 0 aliphatic carbocycles. The van der Waals surface area contributed by atoms with Crippen molar-refractivity contribution >= 4 is 29.2 Å². The molecule has 0 N–H and O–H groups in total. The van der Waals surface area contributed by atoms with Gasteiger partial charge < -0.3 is 14.4 Å². The number of rotatable bonds is 4. The molecule has 0 radical (unpaired) electrons. The highest BCUT2D eigenvalue weighted by Gasteiger charge is 2.67. The third-order valence-electron chi connectivity index (χ3n) is 5.27. The Bertz CT molecular complexity index is 777. The van der Waals surface area contributed by atoms with Crippen molar-refractivity contribution in [1.82, 2.24) is 0 Å². The van der Waals surface area contributed by atoms with E-state index < -0.39 is 17.4 Å². The molecule has 2 bridgehead atoms. The van der Waals surface area contributed by atoms with Crippen LogP contribution in [-0.4, -0.2) is 36.7 Å². The second-order valence-corrected chi connectivity index (χ2v) is 7.33. The number of nitrogens with zero attached hydrogens (tertiary/aromatic N) is 1. The molecule has 5 nitrogen and oxygen atoms in total. The van der Waals surface area contributed by atoms with Gasteiger partial charge in [-0.25, -0.2) is 0 Å². The molecule has 132 valence electrons. The second kappa shape index (κ2) is 5.85. The smallest absolute Gasteiger partial charge is 0.312 e. The normalized spacial score (nSPS) is 32.4. The highest BCUT2D eigenvalue weighted by molar-refractivity contribution is 6.31. The summed E-state index contributed by atoms with van der Waals surface area (Å²) in [4.78, 5) is 27.3. The van der Waals surface area contributed by atoms with Gasteiger partial charge in [0, 0.05) is 10.7 Å². The average molecular weight is 362 g/mol. The molecule has 1 aromatic carbocycles. The van der Waals surface area contributed by atoms with Crippen LogP contribution in [0.1, 0.15) is 18.9 Å². The van der Waals surface area contributed by atoms with Crippen molar-refractivity contribution in [1.29, 1.82) is 0 Å². The van der Waals surface area contributed by atoms with Crippen molar-refractivity contribution < 1.29 is 19.1 Å². The zero-order chi connectivity index (χ0) is 17.8. The van der Waals surface area contributed by atoms with Crippen LogP contribution < -0.4 is 4.90 Å². The van der Waals surface area contributed by atoms with Gasteiger partial charge in [0.1, 0.15) is 11.5 Å². The largest absolute Gasteiger partial charge is 0.465 e. The Balaban J connectivity index is 1.65. The quantitative estimate of drug-likeness (QED) is 0.611. The number of hydrogen-bond donors (Lipinski definition) is 0. The van der Waals surface area contributed by atoms with Crippen LogP contribution in [0.5, 0.6) is 0 Å². The maximum absolute atomic E-state index is 13.1. The van der Waals surface area contributed by atoms with E-state index in [1.165, 1.54) is 0 Å². The third kappa shape index (κ3) is 2.41. The first-order chi connectivity index (χ1) is 12.0. The number of halogens is 1. The first-order valence-corrected chi connectivity index (χ1v) is 8.96. The maximum Gasteiger partial charge on any atom is 0.312 e. The van der Waals surface area contributed by atoms with Crippen LogP contribution in [0, 0.1) is 18.8 Å². The van der Waals surface area contributed by atoms with Gasteiger partial charge in [-0.05, 0) is 37.1 Å². The second-order valence-electron chi connectivity index (χ2n) is 6.93. The summed E-state index contributed by atoms with van der Waals surface area (Å²) >= 11 is 6.09. The summed E-state index contributed by atoms with van der Waals surface area (Å²) in [5.41, 5.74) is 0.948. The molecule has 4 atom stereocenters. The Morgan fingerprint density at radius 1 is 1.48 bits per heavy atom.